The van der Waals surface area contributed by atoms with Gasteiger partial charge >= 0.3 is 0 Å². The second kappa shape index (κ2) is 6.99. The van der Waals surface area contributed by atoms with E-state index in [-0.39, 0.29) is 14.7 Å². The number of nitrogens with two attached hydrogens (primary N) is 1. The highest BCUT2D eigenvalue weighted by Crippen LogP contribution is 2.23. The number of benzene rings is 2. The van der Waals surface area contributed by atoms with Crippen molar-refractivity contribution in [3.63, 3.8) is 0 Å². The fourth-order valence-electron chi connectivity index (χ4n) is 2.40. The number of sulfone groups is 1. The van der Waals surface area contributed by atoms with Crippen molar-refractivity contribution in [1.82, 2.24) is 4.98 Å². The Morgan fingerprint density at radius 3 is 2.31 bits per heavy atom. The Hall–Kier alpha value is -2.55. The summed E-state index contributed by atoms with van der Waals surface area (Å²) < 4.78 is 48.3. The number of nitrogens with zero attached hydrogens (tertiary/aromatic N) is 1. The van der Waals surface area contributed by atoms with Gasteiger partial charge in [-0.2, -0.15) is 0 Å². The van der Waals surface area contributed by atoms with Gasteiger partial charge in [-0.15, -0.1) is 0 Å². The van der Waals surface area contributed by atoms with E-state index in [0.717, 1.165) is 17.2 Å². The lowest BCUT2D eigenvalue weighted by Crippen LogP contribution is -2.13. The topological polar surface area (TPSA) is 107 Å². The molecule has 0 spiro atoms. The average Bonchev–Trinajstić information content (AvgIpc) is 2.62. The molecule has 0 saturated carbocycles. The van der Waals surface area contributed by atoms with Crippen LogP contribution in [0.25, 0.3) is 0 Å². The molecule has 0 atom stereocenters. The first-order chi connectivity index (χ1) is 12.3. The van der Waals surface area contributed by atoms with Gasteiger partial charge in [-0.05, 0) is 53.9 Å². The van der Waals surface area contributed by atoms with Gasteiger partial charge in [0.05, 0.1) is 14.7 Å². The third-order valence-electron chi connectivity index (χ3n) is 3.71. The van der Waals surface area contributed by atoms with Crippen LogP contribution < -0.4 is 5.14 Å². The summed E-state index contributed by atoms with van der Waals surface area (Å²) in [5.41, 5.74) is 1.88. The van der Waals surface area contributed by atoms with Gasteiger partial charge in [0, 0.05) is 18.5 Å². The minimum atomic E-state index is -3.99. The molecular formula is C18H15N2O4S2. The Bertz CT molecular complexity index is 1130. The van der Waals surface area contributed by atoms with E-state index in [1.54, 1.807) is 24.5 Å². The van der Waals surface area contributed by atoms with Crippen LogP contribution in [0.4, 0.5) is 0 Å². The first-order valence-corrected chi connectivity index (χ1v) is 10.6. The largest absolute Gasteiger partial charge is 0.264 e. The van der Waals surface area contributed by atoms with Crippen LogP contribution in [-0.2, 0) is 26.3 Å². The average molecular weight is 387 g/mol. The minimum absolute atomic E-state index is 0.0426. The molecule has 26 heavy (non-hydrogen) atoms. The summed E-state index contributed by atoms with van der Waals surface area (Å²) in [4.78, 5) is 3.59. The lowest BCUT2D eigenvalue weighted by Gasteiger charge is -2.07. The molecule has 6 nitrogen and oxygen atoms in total. The molecule has 2 aromatic carbocycles. The van der Waals surface area contributed by atoms with Crippen LogP contribution in [0.3, 0.4) is 0 Å². The van der Waals surface area contributed by atoms with E-state index in [4.69, 9.17) is 5.14 Å². The van der Waals surface area contributed by atoms with E-state index in [9.17, 15) is 16.8 Å². The van der Waals surface area contributed by atoms with Crippen molar-refractivity contribution in [2.75, 3.05) is 0 Å². The van der Waals surface area contributed by atoms with Crippen molar-refractivity contribution >= 4 is 19.9 Å². The maximum absolute atomic E-state index is 12.7. The predicted octanol–water partition coefficient (Wildman–Crippen LogP) is 1.95. The Kier molecular flexibility index (Phi) is 4.90. The number of hydrogen-bond donors (Lipinski definition) is 1. The van der Waals surface area contributed by atoms with E-state index in [1.165, 1.54) is 24.3 Å². The van der Waals surface area contributed by atoms with Crippen LogP contribution in [0, 0.1) is 6.07 Å². The monoisotopic (exact) mass is 387 g/mol. The number of sulfonamides is 1. The molecule has 0 fully saturated rings. The van der Waals surface area contributed by atoms with Crippen molar-refractivity contribution in [2.45, 2.75) is 21.1 Å². The Morgan fingerprint density at radius 1 is 0.923 bits per heavy atom. The van der Waals surface area contributed by atoms with Crippen molar-refractivity contribution in [1.29, 1.82) is 0 Å². The molecule has 1 heterocycles. The molecule has 0 unspecified atom stereocenters. The summed E-state index contributed by atoms with van der Waals surface area (Å²) >= 11 is 0. The van der Waals surface area contributed by atoms with Crippen LogP contribution in [-0.4, -0.2) is 21.8 Å². The highest BCUT2D eigenvalue weighted by Gasteiger charge is 2.20. The molecule has 1 radical (unpaired) electrons. The first kappa shape index (κ1) is 18.2. The molecule has 0 aliphatic carbocycles. The number of rotatable bonds is 5. The summed E-state index contributed by atoms with van der Waals surface area (Å²) in [6.07, 6.45) is 4.02. The lowest BCUT2D eigenvalue weighted by atomic mass is 10.1. The molecule has 8 heteroatoms. The third-order valence-corrected chi connectivity index (χ3v) is 6.33. The lowest BCUT2D eigenvalue weighted by molar-refractivity contribution is 0.594. The predicted molar refractivity (Wildman–Crippen MR) is 95.6 cm³/mol. The normalized spacial score (nSPS) is 12.0. The quantitative estimate of drug-likeness (QED) is 0.720. The summed E-state index contributed by atoms with van der Waals surface area (Å²) in [5, 5.41) is 5.07. The number of aromatic nitrogens is 1. The van der Waals surface area contributed by atoms with Gasteiger partial charge in [-0.1, -0.05) is 18.2 Å². The fraction of sp³-hybridized carbons (Fsp3) is 0.0556. The maximum Gasteiger partial charge on any atom is 0.238 e. The van der Waals surface area contributed by atoms with Gasteiger partial charge in [-0.25, -0.2) is 22.0 Å². The van der Waals surface area contributed by atoms with E-state index >= 15 is 0 Å². The number of primary sulfonamides is 1. The molecule has 0 saturated heterocycles. The second-order valence-electron chi connectivity index (χ2n) is 5.62. The molecule has 2 N–H and O–H groups in total. The molecule has 0 amide bonds. The third kappa shape index (κ3) is 3.98. The molecule has 0 aliphatic rings. The molecule has 0 bridgehead atoms. The number of pyridine rings is 1. The van der Waals surface area contributed by atoms with Crippen molar-refractivity contribution in [3.05, 3.63) is 84.2 Å². The molecule has 3 rings (SSSR count). The fourth-order valence-corrected chi connectivity index (χ4v) is 4.29. The van der Waals surface area contributed by atoms with Gasteiger partial charge in [0.2, 0.25) is 19.9 Å². The molecule has 1 aromatic heterocycles. The van der Waals surface area contributed by atoms with Gasteiger partial charge in [0.15, 0.2) is 0 Å². The Labute approximate surface area is 152 Å². The van der Waals surface area contributed by atoms with Crippen LogP contribution in [0.2, 0.25) is 0 Å². The summed E-state index contributed by atoms with van der Waals surface area (Å²) in [7, 11) is -7.89. The van der Waals surface area contributed by atoms with Gasteiger partial charge in [-0.3, -0.25) is 4.98 Å². The van der Waals surface area contributed by atoms with Gasteiger partial charge in [0.1, 0.15) is 0 Å². The van der Waals surface area contributed by atoms with Crippen molar-refractivity contribution in [2.24, 2.45) is 5.14 Å². The van der Waals surface area contributed by atoms with E-state index in [0.29, 0.717) is 6.42 Å². The first-order valence-electron chi connectivity index (χ1n) is 7.54. The minimum Gasteiger partial charge on any atom is -0.264 e. The summed E-state index contributed by atoms with van der Waals surface area (Å²) in [6.45, 7) is 0. The standard InChI is InChI=1S/C18H15N2O4S2/c19-26(23,24)18-5-1-4-17(12-18)25(21,22)16-8-6-14(7-9-16)11-15-3-2-10-20-13-15/h1-8,10,12-13H,11H2,(H2,19,23,24). The summed E-state index contributed by atoms with van der Waals surface area (Å²) in [5.74, 6) is 0. The Balaban J connectivity index is 1.91. The van der Waals surface area contributed by atoms with Crippen LogP contribution >= 0.6 is 0 Å². The van der Waals surface area contributed by atoms with Crippen LogP contribution in [0.1, 0.15) is 11.1 Å². The molecule has 0 aliphatic heterocycles. The second-order valence-corrected chi connectivity index (χ2v) is 9.10. The summed E-state index contributed by atoms with van der Waals surface area (Å²) in [6, 6.07) is 16.2. The van der Waals surface area contributed by atoms with Crippen molar-refractivity contribution in [3.8, 4) is 0 Å². The van der Waals surface area contributed by atoms with Crippen LogP contribution in [0.5, 0.6) is 0 Å². The van der Waals surface area contributed by atoms with E-state index < -0.39 is 19.9 Å². The SMILES string of the molecule is NS(=O)(=O)c1cccc(S(=O)(=O)c2[c]cc(Cc3cccnc3)cc2)c1. The smallest absolute Gasteiger partial charge is 0.238 e. The molecular weight excluding hydrogens is 372 g/mol. The van der Waals surface area contributed by atoms with Crippen molar-refractivity contribution < 1.29 is 16.8 Å². The van der Waals surface area contributed by atoms with Gasteiger partial charge < -0.3 is 0 Å². The maximum atomic E-state index is 12.7. The molecule has 133 valence electrons. The zero-order valence-corrected chi connectivity index (χ0v) is 15.2. The highest BCUT2D eigenvalue weighted by atomic mass is 32.2. The van der Waals surface area contributed by atoms with Gasteiger partial charge in [0.25, 0.3) is 0 Å². The Morgan fingerprint density at radius 2 is 1.69 bits per heavy atom. The highest BCUT2D eigenvalue weighted by molar-refractivity contribution is 7.91. The van der Waals surface area contributed by atoms with E-state index in [2.05, 4.69) is 11.1 Å². The van der Waals surface area contributed by atoms with E-state index in [1.807, 2.05) is 12.1 Å². The number of hydrogen-bond acceptors (Lipinski definition) is 5. The zero-order valence-electron chi connectivity index (χ0n) is 13.5. The van der Waals surface area contributed by atoms with Crippen LogP contribution in [0.15, 0.2) is 81.7 Å². The molecule has 3 aromatic rings. The zero-order chi connectivity index (χ0) is 18.8.